The second-order valence-corrected chi connectivity index (χ2v) is 9.66. The normalized spacial score (nSPS) is 20.0. The maximum atomic E-state index is 13.0. The first-order valence-corrected chi connectivity index (χ1v) is 12.2. The van der Waals surface area contributed by atoms with E-state index in [1.165, 1.54) is 23.8 Å². The van der Waals surface area contributed by atoms with Crippen LogP contribution in [0.15, 0.2) is 57.0 Å². The maximum absolute atomic E-state index is 13.0. The molecule has 2 amide bonds. The van der Waals surface area contributed by atoms with Gasteiger partial charge in [0.1, 0.15) is 35.5 Å². The molecule has 180 valence electrons. The van der Waals surface area contributed by atoms with Gasteiger partial charge < -0.3 is 25.4 Å². The molecule has 3 aromatic heterocycles. The van der Waals surface area contributed by atoms with Gasteiger partial charge in [0.05, 0.1) is 11.6 Å². The van der Waals surface area contributed by atoms with E-state index in [1.54, 1.807) is 23.9 Å². The van der Waals surface area contributed by atoms with Crippen molar-refractivity contribution in [1.29, 1.82) is 0 Å². The Labute approximate surface area is 206 Å². The van der Waals surface area contributed by atoms with Crippen molar-refractivity contribution in [2.45, 2.75) is 18.0 Å². The maximum Gasteiger partial charge on any atom is 0.352 e. The average molecular weight is 516 g/mol. The number of thioether (sulfide) groups is 1. The smallest absolute Gasteiger partial charge is 0.352 e. The van der Waals surface area contributed by atoms with Crippen LogP contribution in [0.25, 0.3) is 11.0 Å². The molecule has 1 fully saturated rings. The summed E-state index contributed by atoms with van der Waals surface area (Å²) in [5.74, 6) is -2.02. The molecule has 2 aliphatic heterocycles. The monoisotopic (exact) mass is 515 g/mol. The van der Waals surface area contributed by atoms with Gasteiger partial charge in [0.25, 0.3) is 11.8 Å². The lowest BCUT2D eigenvalue weighted by Gasteiger charge is -2.49. The lowest BCUT2D eigenvalue weighted by atomic mass is 10.0. The van der Waals surface area contributed by atoms with Crippen LogP contribution in [0.3, 0.4) is 0 Å². The van der Waals surface area contributed by atoms with Crippen molar-refractivity contribution in [2.24, 2.45) is 5.16 Å². The lowest BCUT2D eigenvalue weighted by molar-refractivity contribution is -0.687. The van der Waals surface area contributed by atoms with E-state index >= 15 is 0 Å². The number of nitrogen functional groups attached to an aromatic ring is 1. The third-order valence-corrected chi connectivity index (χ3v) is 7.54. The highest BCUT2D eigenvalue weighted by Crippen LogP contribution is 2.40. The summed E-state index contributed by atoms with van der Waals surface area (Å²) >= 11 is 2.51. The number of pyridine rings is 1. The molecule has 0 radical (unpaired) electrons. The topological polar surface area (TPSA) is 164 Å². The van der Waals surface area contributed by atoms with Crippen molar-refractivity contribution in [1.82, 2.24) is 15.2 Å². The molecule has 0 aromatic carbocycles. The third kappa shape index (κ3) is 4.10. The van der Waals surface area contributed by atoms with Crippen LogP contribution in [0.1, 0.15) is 5.69 Å². The molecule has 5 heterocycles. The van der Waals surface area contributed by atoms with Gasteiger partial charge in [-0.15, -0.1) is 23.1 Å². The minimum atomic E-state index is -1.20. The molecule has 5 rings (SSSR count). The number of hydrogen-bond donors (Lipinski definition) is 3. The second kappa shape index (κ2) is 9.03. The molecule has 12 nitrogen and oxygen atoms in total. The number of thiazole rings is 1. The minimum Gasteiger partial charge on any atom is -0.477 e. The zero-order valence-corrected chi connectivity index (χ0v) is 19.8. The van der Waals surface area contributed by atoms with Gasteiger partial charge >= 0.3 is 5.97 Å². The molecule has 2 atom stereocenters. The zero-order valence-electron chi connectivity index (χ0n) is 18.2. The molecule has 14 heteroatoms. The number of hydrogen-bond acceptors (Lipinski definition) is 10. The molecule has 0 aliphatic carbocycles. The Morgan fingerprint density at radius 1 is 1.46 bits per heavy atom. The van der Waals surface area contributed by atoms with Crippen molar-refractivity contribution in [3.63, 3.8) is 0 Å². The fourth-order valence-corrected chi connectivity index (χ4v) is 5.87. The fourth-order valence-electron chi connectivity index (χ4n) is 3.98. The van der Waals surface area contributed by atoms with E-state index in [0.29, 0.717) is 17.9 Å². The largest absolute Gasteiger partial charge is 0.477 e. The standard InChI is InChI=1S/C21H18N6O6S2/c1-32-25-14(12-9-35-21(22)23-12)17(28)24-15-18(29)27-16(20(30)31)11(8-34-19(15)27)7-26-4-2-13-10(6-26)3-5-33-13/h2-6,9,15,19H,7-8H2,1H3,(H3-,22,23,24,28,30,31)/p+1/b25-14-/t15-,19-/m1/s1. The molecular weight excluding hydrogens is 496 g/mol. The highest BCUT2D eigenvalue weighted by atomic mass is 32.2. The first-order chi connectivity index (χ1) is 16.9. The number of aliphatic carboxylic acids is 1. The molecule has 35 heavy (non-hydrogen) atoms. The number of β-lactam (4-membered cyclic amide) rings is 1. The first kappa shape index (κ1) is 22.9. The molecule has 1 saturated heterocycles. The Hall–Kier alpha value is -3.91. The van der Waals surface area contributed by atoms with Crippen LogP contribution >= 0.6 is 23.1 Å². The second-order valence-electron chi connectivity index (χ2n) is 7.67. The number of carbonyl (C=O) groups excluding carboxylic acids is 2. The highest BCUT2D eigenvalue weighted by Gasteiger charge is 2.54. The van der Waals surface area contributed by atoms with Gasteiger partial charge in [0, 0.05) is 22.8 Å². The van der Waals surface area contributed by atoms with Gasteiger partial charge in [-0.1, -0.05) is 5.16 Å². The Kier molecular flexibility index (Phi) is 5.90. The van der Waals surface area contributed by atoms with E-state index in [2.05, 4.69) is 15.5 Å². The van der Waals surface area contributed by atoms with E-state index in [9.17, 15) is 19.5 Å². The number of carboxylic acids is 1. The zero-order chi connectivity index (χ0) is 24.7. The number of nitrogens with one attached hydrogen (secondary N) is 1. The number of rotatable bonds is 7. The summed E-state index contributed by atoms with van der Waals surface area (Å²) in [6.07, 6.45) is 5.22. The molecule has 3 aromatic rings. The Bertz CT molecular complexity index is 1410. The number of oxime groups is 1. The number of carbonyl (C=O) groups is 3. The van der Waals surface area contributed by atoms with Gasteiger partial charge in [-0.3, -0.25) is 14.5 Å². The quantitative estimate of drug-likeness (QED) is 0.176. The van der Waals surface area contributed by atoms with Gasteiger partial charge in [-0.2, -0.15) is 0 Å². The molecule has 4 N–H and O–H groups in total. The summed E-state index contributed by atoms with van der Waals surface area (Å²) in [5, 5.41) is 18.4. The number of amides is 2. The predicted octanol–water partition coefficient (Wildman–Crippen LogP) is 0.548. The SMILES string of the molecule is CO/N=C(\C(=O)N[C@@H]1C(=O)N2C(C(=O)O)=C(C[n+]3ccc4occc4c3)CS[C@H]12)c1csc(N)n1. The minimum absolute atomic E-state index is 0.0675. The number of fused-ring (bicyclic) bond motifs is 2. The number of nitrogens with two attached hydrogens (primary N) is 1. The average Bonchev–Trinajstić information content (AvgIpc) is 3.48. The van der Waals surface area contributed by atoms with Crippen LogP contribution in [-0.4, -0.2) is 62.8 Å². The summed E-state index contributed by atoms with van der Waals surface area (Å²) in [6, 6.07) is 2.69. The third-order valence-electron chi connectivity index (χ3n) is 5.52. The first-order valence-electron chi connectivity index (χ1n) is 10.3. The number of aromatic nitrogens is 2. The summed E-state index contributed by atoms with van der Waals surface area (Å²) in [6.45, 7) is 0.291. The molecular formula is C21H19N6O6S2+. The van der Waals surface area contributed by atoms with Crippen LogP contribution in [0.5, 0.6) is 0 Å². The number of furan rings is 1. The van der Waals surface area contributed by atoms with E-state index in [0.717, 1.165) is 22.3 Å². The number of nitrogens with zero attached hydrogens (tertiary/aromatic N) is 4. The predicted molar refractivity (Wildman–Crippen MR) is 126 cm³/mol. The van der Waals surface area contributed by atoms with Gasteiger partial charge in [-0.05, 0) is 6.07 Å². The van der Waals surface area contributed by atoms with Crippen molar-refractivity contribution in [3.05, 3.63) is 53.1 Å². The van der Waals surface area contributed by atoms with Crippen LogP contribution < -0.4 is 15.6 Å². The Morgan fingerprint density at radius 2 is 2.29 bits per heavy atom. The summed E-state index contributed by atoms with van der Waals surface area (Å²) < 4.78 is 7.19. The highest BCUT2D eigenvalue weighted by molar-refractivity contribution is 8.00. The van der Waals surface area contributed by atoms with Crippen LogP contribution in [-0.2, 0) is 25.8 Å². The van der Waals surface area contributed by atoms with E-state index in [4.69, 9.17) is 15.0 Å². The number of anilines is 1. The molecule has 2 aliphatic rings. The van der Waals surface area contributed by atoms with Crippen molar-refractivity contribution in [2.75, 3.05) is 18.6 Å². The molecule has 0 spiro atoms. The molecule has 0 saturated carbocycles. The Balaban J connectivity index is 1.36. The van der Waals surface area contributed by atoms with Gasteiger partial charge in [-0.25, -0.2) is 14.3 Å². The van der Waals surface area contributed by atoms with Crippen molar-refractivity contribution in [3.8, 4) is 0 Å². The summed E-state index contributed by atoms with van der Waals surface area (Å²) in [5.41, 5.74) is 6.97. The lowest BCUT2D eigenvalue weighted by Crippen LogP contribution is -2.71. The Morgan fingerprint density at radius 3 is 3.00 bits per heavy atom. The summed E-state index contributed by atoms with van der Waals surface area (Å²) in [4.78, 5) is 48.0. The van der Waals surface area contributed by atoms with E-state index in [-0.39, 0.29) is 22.2 Å². The molecule has 0 bridgehead atoms. The van der Waals surface area contributed by atoms with E-state index < -0.39 is 29.2 Å². The van der Waals surface area contributed by atoms with Crippen LogP contribution in [0.4, 0.5) is 5.13 Å². The number of carboxylic acid groups (broad SMARTS) is 1. The summed E-state index contributed by atoms with van der Waals surface area (Å²) in [7, 11) is 1.28. The van der Waals surface area contributed by atoms with E-state index in [1.807, 2.05) is 16.8 Å². The molecule has 0 unspecified atom stereocenters. The van der Waals surface area contributed by atoms with Gasteiger partial charge in [0.2, 0.25) is 0 Å². The van der Waals surface area contributed by atoms with Gasteiger partial charge in [0.15, 0.2) is 29.8 Å². The van der Waals surface area contributed by atoms with Crippen molar-refractivity contribution >= 4 is 62.7 Å². The fraction of sp³-hybridized carbons (Fsp3) is 0.238. The van der Waals surface area contributed by atoms with Crippen LogP contribution in [0.2, 0.25) is 0 Å². The van der Waals surface area contributed by atoms with Crippen LogP contribution in [0, 0.1) is 0 Å². The van der Waals surface area contributed by atoms with Crippen molar-refractivity contribution < 1.29 is 33.3 Å².